The summed E-state index contributed by atoms with van der Waals surface area (Å²) in [6.45, 7) is 1.86. The van der Waals surface area contributed by atoms with Crippen molar-refractivity contribution in [1.29, 1.82) is 0 Å². The lowest BCUT2D eigenvalue weighted by molar-refractivity contribution is -0.139. The molecule has 5 heteroatoms. The number of hydrogen-bond acceptors (Lipinski definition) is 3. The predicted octanol–water partition coefficient (Wildman–Crippen LogP) is 1.26. The minimum absolute atomic E-state index is 0.331. The van der Waals surface area contributed by atoms with E-state index in [1.165, 1.54) is 18.6 Å². The summed E-state index contributed by atoms with van der Waals surface area (Å²) in [5, 5.41) is 11.2. The molecule has 1 rings (SSSR count). The number of carbonyl (C=O) groups excluding carboxylic acids is 1. The van der Waals surface area contributed by atoms with Gasteiger partial charge in [-0.05, 0) is 12.5 Å². The van der Waals surface area contributed by atoms with E-state index in [2.05, 4.69) is 5.32 Å². The Kier molecular flexibility index (Phi) is 3.91. The van der Waals surface area contributed by atoms with Crippen LogP contribution in [0.4, 0.5) is 0 Å². The molecule has 1 atom stereocenters. The Morgan fingerprint density at radius 3 is 2.80 bits per heavy atom. The Balaban J connectivity index is 2.59. The fourth-order valence-electron chi connectivity index (χ4n) is 1.18. The van der Waals surface area contributed by atoms with Crippen molar-refractivity contribution in [2.45, 2.75) is 25.8 Å². The molecule has 1 aromatic heterocycles. The highest BCUT2D eigenvalue weighted by Gasteiger charge is 2.19. The highest BCUT2D eigenvalue weighted by molar-refractivity contribution is 5.96. The van der Waals surface area contributed by atoms with Crippen LogP contribution in [0.2, 0.25) is 0 Å². The van der Waals surface area contributed by atoms with Gasteiger partial charge in [-0.1, -0.05) is 13.3 Å². The van der Waals surface area contributed by atoms with Crippen molar-refractivity contribution in [3.8, 4) is 0 Å². The monoisotopic (exact) mass is 211 g/mol. The SMILES string of the molecule is CCC[C@@H](NC(=O)c1ccoc1)C(=O)O. The topological polar surface area (TPSA) is 79.5 Å². The molecule has 15 heavy (non-hydrogen) atoms. The van der Waals surface area contributed by atoms with Gasteiger partial charge in [-0.3, -0.25) is 4.79 Å². The first-order valence-electron chi connectivity index (χ1n) is 4.71. The number of carbonyl (C=O) groups is 2. The van der Waals surface area contributed by atoms with Crippen molar-refractivity contribution >= 4 is 11.9 Å². The van der Waals surface area contributed by atoms with E-state index < -0.39 is 17.9 Å². The van der Waals surface area contributed by atoms with Crippen molar-refractivity contribution in [3.63, 3.8) is 0 Å². The van der Waals surface area contributed by atoms with Crippen LogP contribution in [-0.2, 0) is 4.79 Å². The fraction of sp³-hybridized carbons (Fsp3) is 0.400. The number of carboxylic acid groups (broad SMARTS) is 1. The summed E-state index contributed by atoms with van der Waals surface area (Å²) >= 11 is 0. The number of amides is 1. The maximum atomic E-state index is 11.5. The molecule has 0 aliphatic carbocycles. The lowest BCUT2D eigenvalue weighted by Gasteiger charge is -2.12. The number of aliphatic carboxylic acids is 1. The second-order valence-corrected chi connectivity index (χ2v) is 3.16. The number of nitrogens with one attached hydrogen (secondary N) is 1. The van der Waals surface area contributed by atoms with Crippen LogP contribution in [-0.4, -0.2) is 23.0 Å². The Morgan fingerprint density at radius 1 is 1.60 bits per heavy atom. The minimum Gasteiger partial charge on any atom is -0.480 e. The van der Waals surface area contributed by atoms with Gasteiger partial charge in [0.2, 0.25) is 0 Å². The van der Waals surface area contributed by atoms with Crippen LogP contribution < -0.4 is 5.32 Å². The maximum Gasteiger partial charge on any atom is 0.326 e. The van der Waals surface area contributed by atoms with Gasteiger partial charge in [0.1, 0.15) is 12.3 Å². The summed E-state index contributed by atoms with van der Waals surface area (Å²) in [6, 6.07) is 0.651. The van der Waals surface area contributed by atoms with Crippen molar-refractivity contribution < 1.29 is 19.1 Å². The van der Waals surface area contributed by atoms with Gasteiger partial charge in [-0.15, -0.1) is 0 Å². The van der Waals surface area contributed by atoms with E-state index in [1.807, 2.05) is 6.92 Å². The number of carboxylic acids is 1. The summed E-state index contributed by atoms with van der Waals surface area (Å²) in [5.41, 5.74) is 0.331. The molecule has 2 N–H and O–H groups in total. The van der Waals surface area contributed by atoms with Crippen molar-refractivity contribution in [2.24, 2.45) is 0 Å². The van der Waals surface area contributed by atoms with Crippen LogP contribution in [0.3, 0.4) is 0 Å². The number of hydrogen-bond donors (Lipinski definition) is 2. The first-order valence-corrected chi connectivity index (χ1v) is 4.71. The third-order valence-electron chi connectivity index (χ3n) is 1.96. The molecular weight excluding hydrogens is 198 g/mol. The fourth-order valence-corrected chi connectivity index (χ4v) is 1.18. The zero-order chi connectivity index (χ0) is 11.3. The molecule has 0 saturated carbocycles. The predicted molar refractivity (Wildman–Crippen MR) is 52.5 cm³/mol. The van der Waals surface area contributed by atoms with E-state index in [1.54, 1.807) is 0 Å². The number of furan rings is 1. The van der Waals surface area contributed by atoms with Crippen molar-refractivity contribution in [2.75, 3.05) is 0 Å². The van der Waals surface area contributed by atoms with Gasteiger partial charge < -0.3 is 14.8 Å². The molecule has 82 valence electrons. The Bertz CT molecular complexity index is 331. The van der Waals surface area contributed by atoms with Crippen LogP contribution in [0.1, 0.15) is 30.1 Å². The quantitative estimate of drug-likeness (QED) is 0.768. The molecule has 0 fully saturated rings. The van der Waals surface area contributed by atoms with Gasteiger partial charge >= 0.3 is 5.97 Å². The molecule has 1 aromatic rings. The Morgan fingerprint density at radius 2 is 2.33 bits per heavy atom. The molecule has 0 aliphatic rings. The van der Waals surface area contributed by atoms with Gasteiger partial charge in [-0.25, -0.2) is 4.79 Å². The van der Waals surface area contributed by atoms with Crippen LogP contribution >= 0.6 is 0 Å². The standard InChI is InChI=1S/C10H13NO4/c1-2-3-8(10(13)14)11-9(12)7-4-5-15-6-7/h4-6,8H,2-3H2,1H3,(H,11,12)(H,13,14)/t8-/m1/s1. The average Bonchev–Trinajstić information content (AvgIpc) is 2.69. The van der Waals surface area contributed by atoms with E-state index in [4.69, 9.17) is 9.52 Å². The van der Waals surface area contributed by atoms with Gasteiger partial charge in [-0.2, -0.15) is 0 Å². The lowest BCUT2D eigenvalue weighted by Crippen LogP contribution is -2.40. The van der Waals surface area contributed by atoms with E-state index >= 15 is 0 Å². The van der Waals surface area contributed by atoms with Gasteiger partial charge in [0.15, 0.2) is 0 Å². The normalized spacial score (nSPS) is 12.1. The van der Waals surface area contributed by atoms with E-state index in [0.717, 1.165) is 0 Å². The Labute approximate surface area is 87.1 Å². The van der Waals surface area contributed by atoms with Crippen LogP contribution in [0, 0.1) is 0 Å². The third kappa shape index (κ3) is 3.12. The zero-order valence-electron chi connectivity index (χ0n) is 8.40. The molecule has 1 heterocycles. The molecule has 0 aliphatic heterocycles. The molecule has 5 nitrogen and oxygen atoms in total. The Hall–Kier alpha value is -1.78. The lowest BCUT2D eigenvalue weighted by atomic mass is 10.1. The zero-order valence-corrected chi connectivity index (χ0v) is 8.40. The second kappa shape index (κ2) is 5.19. The third-order valence-corrected chi connectivity index (χ3v) is 1.96. The summed E-state index contributed by atoms with van der Waals surface area (Å²) in [4.78, 5) is 22.2. The van der Waals surface area contributed by atoms with Gasteiger partial charge in [0, 0.05) is 0 Å². The molecule has 0 radical (unpaired) electrons. The summed E-state index contributed by atoms with van der Waals surface area (Å²) < 4.78 is 4.73. The molecule has 1 amide bonds. The first-order chi connectivity index (χ1) is 7.15. The molecule has 0 unspecified atom stereocenters. The van der Waals surface area contributed by atoms with Crippen LogP contribution in [0.25, 0.3) is 0 Å². The second-order valence-electron chi connectivity index (χ2n) is 3.16. The molecule has 0 saturated heterocycles. The largest absolute Gasteiger partial charge is 0.480 e. The van der Waals surface area contributed by atoms with Gasteiger partial charge in [0.05, 0.1) is 11.8 Å². The molecule has 0 spiro atoms. The van der Waals surface area contributed by atoms with Crippen molar-refractivity contribution in [3.05, 3.63) is 24.2 Å². The maximum absolute atomic E-state index is 11.5. The van der Waals surface area contributed by atoms with Crippen LogP contribution in [0.15, 0.2) is 23.0 Å². The molecular formula is C10H13NO4. The minimum atomic E-state index is -1.02. The van der Waals surface area contributed by atoms with Crippen molar-refractivity contribution in [1.82, 2.24) is 5.32 Å². The highest BCUT2D eigenvalue weighted by Crippen LogP contribution is 2.02. The first kappa shape index (κ1) is 11.3. The van der Waals surface area contributed by atoms with E-state index in [-0.39, 0.29) is 0 Å². The molecule has 0 bridgehead atoms. The average molecular weight is 211 g/mol. The number of rotatable bonds is 5. The summed E-state index contributed by atoms with van der Waals surface area (Å²) in [5.74, 6) is -1.45. The summed E-state index contributed by atoms with van der Waals surface area (Å²) in [6.07, 6.45) is 3.76. The summed E-state index contributed by atoms with van der Waals surface area (Å²) in [7, 11) is 0. The van der Waals surface area contributed by atoms with E-state index in [9.17, 15) is 9.59 Å². The molecule has 0 aromatic carbocycles. The highest BCUT2D eigenvalue weighted by atomic mass is 16.4. The van der Waals surface area contributed by atoms with E-state index in [0.29, 0.717) is 18.4 Å². The smallest absolute Gasteiger partial charge is 0.326 e. The van der Waals surface area contributed by atoms with Crippen LogP contribution in [0.5, 0.6) is 0 Å². The van der Waals surface area contributed by atoms with Gasteiger partial charge in [0.25, 0.3) is 5.91 Å².